The molecule has 8 heteroatoms. The average molecular weight is 419 g/mol. The average Bonchev–Trinajstić information content (AvgIpc) is 2.66. The molecule has 0 amide bonds. The van der Waals surface area contributed by atoms with Crippen LogP contribution >= 0.6 is 0 Å². The predicted octanol–water partition coefficient (Wildman–Crippen LogP) is 2.67. The zero-order valence-electron chi connectivity index (χ0n) is 17.5. The molecule has 0 aliphatic heterocycles. The summed E-state index contributed by atoms with van der Waals surface area (Å²) in [4.78, 5) is 4.59. The Morgan fingerprint density at radius 3 is 2.55 bits per heavy atom. The molecule has 0 aromatic heterocycles. The van der Waals surface area contributed by atoms with E-state index in [-0.39, 0.29) is 0 Å². The fraction of sp³-hybridized carbons (Fsp3) is 0.381. The second kappa shape index (κ2) is 10.7. The van der Waals surface area contributed by atoms with Crippen molar-refractivity contribution in [2.45, 2.75) is 26.8 Å². The van der Waals surface area contributed by atoms with Gasteiger partial charge >= 0.3 is 0 Å². The third-order valence-corrected chi connectivity index (χ3v) is 4.78. The van der Waals surface area contributed by atoms with E-state index in [1.54, 1.807) is 19.2 Å². The molecule has 0 atom stereocenters. The van der Waals surface area contributed by atoms with Crippen molar-refractivity contribution in [2.75, 3.05) is 31.2 Å². The number of hydrogen-bond donors (Lipinski definition) is 3. The quantitative estimate of drug-likeness (QED) is 0.430. The first-order valence-corrected chi connectivity index (χ1v) is 11.4. The number of rotatable bonds is 9. The third-order valence-electron chi connectivity index (χ3n) is 4.19. The molecule has 158 valence electrons. The van der Waals surface area contributed by atoms with Gasteiger partial charge < -0.3 is 15.4 Å². The van der Waals surface area contributed by atoms with Gasteiger partial charge in [0.1, 0.15) is 5.75 Å². The van der Waals surface area contributed by atoms with Gasteiger partial charge in [0.2, 0.25) is 10.0 Å². The number of nitrogens with one attached hydrogen (secondary N) is 3. The van der Waals surface area contributed by atoms with Crippen molar-refractivity contribution in [3.8, 4) is 5.75 Å². The summed E-state index contributed by atoms with van der Waals surface area (Å²) in [6.07, 6.45) is 1.93. The fourth-order valence-electron chi connectivity index (χ4n) is 2.88. The number of hydrogen-bond acceptors (Lipinski definition) is 4. The molecule has 7 nitrogen and oxygen atoms in total. The van der Waals surface area contributed by atoms with Crippen molar-refractivity contribution in [1.82, 2.24) is 10.6 Å². The van der Waals surface area contributed by atoms with Gasteiger partial charge in [-0.25, -0.2) is 13.4 Å². The molecule has 0 aliphatic carbocycles. The molecular weight excluding hydrogens is 388 g/mol. The van der Waals surface area contributed by atoms with Crippen LogP contribution in [-0.2, 0) is 23.0 Å². The van der Waals surface area contributed by atoms with Crippen molar-refractivity contribution in [1.29, 1.82) is 0 Å². The van der Waals surface area contributed by atoms with E-state index in [1.807, 2.05) is 31.2 Å². The number of sulfonamides is 1. The van der Waals surface area contributed by atoms with Gasteiger partial charge in [-0.1, -0.05) is 35.9 Å². The lowest BCUT2D eigenvalue weighted by Gasteiger charge is -2.14. The van der Waals surface area contributed by atoms with Crippen molar-refractivity contribution < 1.29 is 13.2 Å². The van der Waals surface area contributed by atoms with Crippen LogP contribution < -0.4 is 20.1 Å². The lowest BCUT2D eigenvalue weighted by atomic mass is 10.1. The third kappa shape index (κ3) is 7.65. The number of ether oxygens (including phenoxy) is 1. The summed E-state index contributed by atoms with van der Waals surface area (Å²) < 4.78 is 31.1. The Kier molecular flexibility index (Phi) is 8.33. The van der Waals surface area contributed by atoms with Gasteiger partial charge in [-0.2, -0.15) is 0 Å². The SMILES string of the molecule is CCNC(=NCc1ccccc1NS(C)(=O)=O)NCCc1cc(C)ccc1OC. The molecule has 0 bridgehead atoms. The summed E-state index contributed by atoms with van der Waals surface area (Å²) in [5.41, 5.74) is 3.67. The van der Waals surface area contributed by atoms with Crippen LogP contribution in [0.15, 0.2) is 47.5 Å². The number of aliphatic imine (C=N–C) groups is 1. The minimum absolute atomic E-state index is 0.349. The fourth-order valence-corrected chi connectivity index (χ4v) is 3.48. The normalized spacial score (nSPS) is 11.8. The van der Waals surface area contributed by atoms with Gasteiger partial charge in [-0.15, -0.1) is 0 Å². The van der Waals surface area contributed by atoms with E-state index in [2.05, 4.69) is 33.3 Å². The number of nitrogens with zero attached hydrogens (tertiary/aromatic N) is 1. The van der Waals surface area contributed by atoms with Crippen LogP contribution in [0, 0.1) is 6.92 Å². The van der Waals surface area contributed by atoms with Crippen LogP contribution in [0.5, 0.6) is 5.75 Å². The van der Waals surface area contributed by atoms with E-state index in [4.69, 9.17) is 4.74 Å². The molecular formula is C21H30N4O3S. The maximum absolute atomic E-state index is 11.6. The second-order valence-corrected chi connectivity index (χ2v) is 8.47. The minimum Gasteiger partial charge on any atom is -0.496 e. The van der Waals surface area contributed by atoms with Gasteiger partial charge in [0.15, 0.2) is 5.96 Å². The Labute approximate surface area is 173 Å². The summed E-state index contributed by atoms with van der Waals surface area (Å²) in [6.45, 7) is 5.82. The van der Waals surface area contributed by atoms with Gasteiger partial charge in [-0.05, 0) is 43.5 Å². The first kappa shape index (κ1) is 22.5. The number of aryl methyl sites for hydroxylation is 1. The lowest BCUT2D eigenvalue weighted by molar-refractivity contribution is 0.409. The molecule has 3 N–H and O–H groups in total. The molecule has 0 radical (unpaired) electrons. The van der Waals surface area contributed by atoms with Crippen LogP contribution in [-0.4, -0.2) is 40.8 Å². The molecule has 2 aromatic rings. The summed E-state index contributed by atoms with van der Waals surface area (Å²) in [6, 6.07) is 13.4. The summed E-state index contributed by atoms with van der Waals surface area (Å²) in [7, 11) is -1.67. The highest BCUT2D eigenvalue weighted by Gasteiger charge is 2.08. The molecule has 0 fully saturated rings. The molecule has 2 rings (SSSR count). The Hall–Kier alpha value is -2.74. The number of para-hydroxylation sites is 1. The van der Waals surface area contributed by atoms with Crippen molar-refractivity contribution in [3.63, 3.8) is 0 Å². The molecule has 0 saturated heterocycles. The maximum Gasteiger partial charge on any atom is 0.229 e. The maximum atomic E-state index is 11.6. The smallest absolute Gasteiger partial charge is 0.229 e. The molecule has 0 aliphatic rings. The van der Waals surface area contributed by atoms with Gasteiger partial charge in [0.25, 0.3) is 0 Å². The zero-order valence-corrected chi connectivity index (χ0v) is 18.3. The number of anilines is 1. The summed E-state index contributed by atoms with van der Waals surface area (Å²) >= 11 is 0. The van der Waals surface area contributed by atoms with Crippen LogP contribution in [0.2, 0.25) is 0 Å². The van der Waals surface area contributed by atoms with Gasteiger partial charge in [-0.3, -0.25) is 4.72 Å². The van der Waals surface area contributed by atoms with E-state index in [9.17, 15) is 8.42 Å². The molecule has 0 saturated carbocycles. The molecule has 2 aromatic carbocycles. The topological polar surface area (TPSA) is 91.8 Å². The minimum atomic E-state index is -3.35. The largest absolute Gasteiger partial charge is 0.496 e. The van der Waals surface area contributed by atoms with E-state index in [0.717, 1.165) is 36.1 Å². The van der Waals surface area contributed by atoms with E-state index < -0.39 is 10.0 Å². The number of guanidine groups is 1. The predicted molar refractivity (Wildman–Crippen MR) is 119 cm³/mol. The second-order valence-electron chi connectivity index (χ2n) is 6.72. The highest BCUT2D eigenvalue weighted by molar-refractivity contribution is 7.92. The van der Waals surface area contributed by atoms with Crippen LogP contribution in [0.4, 0.5) is 5.69 Å². The Morgan fingerprint density at radius 1 is 1.10 bits per heavy atom. The van der Waals surface area contributed by atoms with Crippen LogP contribution in [0.1, 0.15) is 23.6 Å². The van der Waals surface area contributed by atoms with E-state index >= 15 is 0 Å². The molecule has 0 heterocycles. The van der Waals surface area contributed by atoms with Crippen LogP contribution in [0.25, 0.3) is 0 Å². The van der Waals surface area contributed by atoms with E-state index in [1.165, 1.54) is 5.56 Å². The summed E-state index contributed by atoms with van der Waals surface area (Å²) in [5.74, 6) is 1.55. The highest BCUT2D eigenvalue weighted by Crippen LogP contribution is 2.20. The van der Waals surface area contributed by atoms with Gasteiger partial charge in [0, 0.05) is 13.1 Å². The van der Waals surface area contributed by atoms with Gasteiger partial charge in [0.05, 0.1) is 25.6 Å². The number of benzene rings is 2. The lowest BCUT2D eigenvalue weighted by Crippen LogP contribution is -2.38. The Bertz CT molecular complexity index is 943. The molecule has 29 heavy (non-hydrogen) atoms. The molecule has 0 unspecified atom stereocenters. The standard InChI is InChI=1S/C21H30N4O3S/c1-5-22-21(23-13-12-17-14-16(2)10-11-20(17)28-3)24-15-18-8-6-7-9-19(18)25-29(4,26)27/h6-11,14,25H,5,12-13,15H2,1-4H3,(H2,22,23,24). The highest BCUT2D eigenvalue weighted by atomic mass is 32.2. The van der Waals surface area contributed by atoms with Crippen molar-refractivity contribution >= 4 is 21.7 Å². The summed E-state index contributed by atoms with van der Waals surface area (Å²) in [5, 5.41) is 6.54. The van der Waals surface area contributed by atoms with Crippen LogP contribution in [0.3, 0.4) is 0 Å². The number of methoxy groups -OCH3 is 1. The molecule has 0 spiro atoms. The van der Waals surface area contributed by atoms with Crippen molar-refractivity contribution in [3.05, 3.63) is 59.2 Å². The Balaban J connectivity index is 2.05. The first-order valence-electron chi connectivity index (χ1n) is 9.53. The zero-order chi connectivity index (χ0) is 21.3. The first-order chi connectivity index (χ1) is 13.8. The van der Waals surface area contributed by atoms with Crippen molar-refractivity contribution in [2.24, 2.45) is 4.99 Å². The monoisotopic (exact) mass is 418 g/mol. The Morgan fingerprint density at radius 2 is 1.86 bits per heavy atom. The van der Waals surface area contributed by atoms with E-state index in [0.29, 0.717) is 24.7 Å².